The van der Waals surface area contributed by atoms with Crippen molar-refractivity contribution in [3.05, 3.63) is 40.6 Å². The van der Waals surface area contributed by atoms with Gasteiger partial charge in [0.25, 0.3) is 0 Å². The second-order valence-corrected chi connectivity index (χ2v) is 9.27. The van der Waals surface area contributed by atoms with Crippen LogP contribution in [0.4, 0.5) is 11.5 Å². The molecule has 2 aromatic rings. The van der Waals surface area contributed by atoms with Gasteiger partial charge in [0.15, 0.2) is 0 Å². The first-order valence-corrected chi connectivity index (χ1v) is 10.9. The van der Waals surface area contributed by atoms with E-state index in [2.05, 4.69) is 50.0 Å². The van der Waals surface area contributed by atoms with Gasteiger partial charge in [-0.05, 0) is 48.9 Å². The molecule has 27 heavy (non-hydrogen) atoms. The number of hydrogen-bond donors (Lipinski definition) is 1. The summed E-state index contributed by atoms with van der Waals surface area (Å²) >= 11 is 4.87. The lowest BCUT2D eigenvalue weighted by molar-refractivity contribution is -0.113. The molecule has 1 aliphatic rings. The van der Waals surface area contributed by atoms with Crippen molar-refractivity contribution < 1.29 is 4.79 Å². The molecule has 144 valence electrons. The average molecular weight is 449 g/mol. The van der Waals surface area contributed by atoms with Gasteiger partial charge in [0.05, 0.1) is 5.75 Å². The number of halogens is 1. The molecule has 2 heterocycles. The van der Waals surface area contributed by atoms with Crippen LogP contribution in [0.3, 0.4) is 0 Å². The minimum absolute atomic E-state index is 0.0363. The Morgan fingerprint density at radius 2 is 2.00 bits per heavy atom. The monoisotopic (exact) mass is 448 g/mol. The molecule has 0 saturated carbocycles. The average Bonchev–Trinajstić information content (AvgIpc) is 2.62. The maximum atomic E-state index is 12.3. The van der Waals surface area contributed by atoms with Gasteiger partial charge in [-0.2, -0.15) is 0 Å². The van der Waals surface area contributed by atoms with Crippen LogP contribution in [0.5, 0.6) is 0 Å². The molecule has 3 rings (SSSR count). The first kappa shape index (κ1) is 20.1. The molecule has 0 bridgehead atoms. The second kappa shape index (κ2) is 9.06. The molecule has 1 aromatic heterocycles. The molecule has 0 radical (unpaired) electrons. The van der Waals surface area contributed by atoms with Gasteiger partial charge in [-0.1, -0.05) is 41.5 Å². The number of carbonyl (C=O) groups excluding carboxylic acids is 1. The van der Waals surface area contributed by atoms with Crippen molar-refractivity contribution in [1.82, 2.24) is 9.97 Å². The van der Waals surface area contributed by atoms with Gasteiger partial charge in [-0.3, -0.25) is 4.79 Å². The van der Waals surface area contributed by atoms with Gasteiger partial charge < -0.3 is 10.2 Å². The summed E-state index contributed by atoms with van der Waals surface area (Å²) < 4.78 is 1.00. The van der Waals surface area contributed by atoms with Crippen LogP contribution < -0.4 is 10.2 Å². The van der Waals surface area contributed by atoms with E-state index < -0.39 is 0 Å². The minimum atomic E-state index is -0.0363. The van der Waals surface area contributed by atoms with Crippen LogP contribution in [0.25, 0.3) is 0 Å². The number of piperidine rings is 1. The number of aromatic nitrogens is 2. The molecule has 0 spiro atoms. The van der Waals surface area contributed by atoms with Crippen molar-refractivity contribution in [3.63, 3.8) is 0 Å². The van der Waals surface area contributed by atoms with E-state index in [1.54, 1.807) is 6.33 Å². The fraction of sp³-hybridized carbons (Fsp3) is 0.450. The van der Waals surface area contributed by atoms with Crippen molar-refractivity contribution in [2.24, 2.45) is 11.8 Å². The maximum absolute atomic E-state index is 12.3. The van der Waals surface area contributed by atoms with E-state index in [1.807, 2.05) is 31.2 Å². The van der Waals surface area contributed by atoms with Gasteiger partial charge in [0.2, 0.25) is 5.91 Å². The van der Waals surface area contributed by atoms with E-state index in [0.717, 1.165) is 39.7 Å². The number of nitrogens with zero attached hydrogens (tertiary/aromatic N) is 3. The normalized spacial score (nSPS) is 19.8. The molecule has 0 unspecified atom stereocenters. The van der Waals surface area contributed by atoms with Crippen molar-refractivity contribution >= 4 is 45.1 Å². The summed E-state index contributed by atoms with van der Waals surface area (Å²) in [6.07, 6.45) is 2.86. The van der Waals surface area contributed by atoms with Crippen molar-refractivity contribution in [1.29, 1.82) is 0 Å². The summed E-state index contributed by atoms with van der Waals surface area (Å²) in [4.78, 5) is 23.4. The standard InChI is InChI=1S/C20H25BrN4OS/c1-13-6-14(2)10-25(9-13)18-8-20(23-12-22-18)27-11-19(26)24-17-5-4-16(21)7-15(17)3/h4-5,7-8,12-14H,6,9-11H2,1-3H3,(H,24,26)/t13-,14-/m0/s1. The predicted molar refractivity (Wildman–Crippen MR) is 115 cm³/mol. The Kier molecular flexibility index (Phi) is 6.76. The summed E-state index contributed by atoms with van der Waals surface area (Å²) in [6.45, 7) is 8.59. The minimum Gasteiger partial charge on any atom is -0.356 e. The maximum Gasteiger partial charge on any atom is 0.234 e. The van der Waals surface area contributed by atoms with Gasteiger partial charge in [0.1, 0.15) is 17.2 Å². The van der Waals surface area contributed by atoms with Gasteiger partial charge >= 0.3 is 0 Å². The number of amides is 1. The van der Waals surface area contributed by atoms with Crippen molar-refractivity contribution in [2.45, 2.75) is 32.2 Å². The third-order valence-electron chi connectivity index (χ3n) is 4.63. The molecule has 1 N–H and O–H groups in total. The Balaban J connectivity index is 1.58. The smallest absolute Gasteiger partial charge is 0.234 e. The molecule has 1 aromatic carbocycles. The van der Waals surface area contributed by atoms with E-state index in [1.165, 1.54) is 18.2 Å². The lowest BCUT2D eigenvalue weighted by Crippen LogP contribution is -2.39. The SMILES string of the molecule is Cc1cc(Br)ccc1NC(=O)CSc1cc(N2C[C@@H](C)C[C@H](C)C2)ncn1. The zero-order chi connectivity index (χ0) is 19.4. The summed E-state index contributed by atoms with van der Waals surface area (Å²) in [5, 5.41) is 3.79. The van der Waals surface area contributed by atoms with Gasteiger partial charge in [-0.25, -0.2) is 9.97 Å². The Labute approximate surface area is 173 Å². The molecule has 1 fully saturated rings. The lowest BCUT2D eigenvalue weighted by Gasteiger charge is -2.35. The molecule has 7 heteroatoms. The largest absolute Gasteiger partial charge is 0.356 e. The number of anilines is 2. The lowest BCUT2D eigenvalue weighted by atomic mass is 9.92. The van der Waals surface area contributed by atoms with Gasteiger partial charge in [0, 0.05) is 29.3 Å². The van der Waals surface area contributed by atoms with Crippen LogP contribution in [-0.4, -0.2) is 34.7 Å². The molecule has 0 aliphatic carbocycles. The van der Waals surface area contributed by atoms with Crippen LogP contribution in [0.15, 0.2) is 40.1 Å². The zero-order valence-corrected chi connectivity index (χ0v) is 18.3. The zero-order valence-electron chi connectivity index (χ0n) is 15.9. The molecular formula is C20H25BrN4OS. The van der Waals surface area contributed by atoms with Crippen molar-refractivity contribution in [3.8, 4) is 0 Å². The summed E-state index contributed by atoms with van der Waals surface area (Å²) in [7, 11) is 0. The summed E-state index contributed by atoms with van der Waals surface area (Å²) in [5.41, 5.74) is 1.86. The van der Waals surface area contributed by atoms with E-state index in [0.29, 0.717) is 17.6 Å². The third-order valence-corrected chi connectivity index (χ3v) is 6.05. The number of benzene rings is 1. The fourth-order valence-electron chi connectivity index (χ4n) is 3.52. The Hall–Kier alpha value is -1.60. The Bertz CT molecular complexity index is 806. The Morgan fingerprint density at radius 3 is 2.70 bits per heavy atom. The topological polar surface area (TPSA) is 58.1 Å². The number of nitrogens with one attached hydrogen (secondary N) is 1. The highest BCUT2D eigenvalue weighted by Crippen LogP contribution is 2.27. The molecule has 5 nitrogen and oxygen atoms in total. The quantitative estimate of drug-likeness (QED) is 0.527. The van der Waals surface area contributed by atoms with E-state index >= 15 is 0 Å². The molecule has 1 saturated heterocycles. The van der Waals surface area contributed by atoms with Crippen LogP contribution in [0.2, 0.25) is 0 Å². The Morgan fingerprint density at radius 1 is 1.26 bits per heavy atom. The third kappa shape index (κ3) is 5.69. The molecular weight excluding hydrogens is 424 g/mol. The summed E-state index contributed by atoms with van der Waals surface area (Å²) in [5.74, 6) is 2.57. The highest BCUT2D eigenvalue weighted by Gasteiger charge is 2.23. The number of thioether (sulfide) groups is 1. The number of hydrogen-bond acceptors (Lipinski definition) is 5. The highest BCUT2D eigenvalue weighted by atomic mass is 79.9. The van der Waals surface area contributed by atoms with Crippen molar-refractivity contribution in [2.75, 3.05) is 29.1 Å². The summed E-state index contributed by atoms with van der Waals surface area (Å²) in [6, 6.07) is 7.81. The second-order valence-electron chi connectivity index (χ2n) is 7.36. The number of carbonyl (C=O) groups is 1. The number of rotatable bonds is 5. The molecule has 2 atom stereocenters. The number of aryl methyl sites for hydroxylation is 1. The first-order chi connectivity index (χ1) is 12.9. The predicted octanol–water partition coefficient (Wildman–Crippen LogP) is 4.76. The fourth-order valence-corrected chi connectivity index (χ4v) is 4.66. The molecule has 1 aliphatic heterocycles. The first-order valence-electron chi connectivity index (χ1n) is 9.16. The van der Waals surface area contributed by atoms with Crippen LogP contribution in [0, 0.1) is 18.8 Å². The van der Waals surface area contributed by atoms with E-state index in [4.69, 9.17) is 0 Å². The van der Waals surface area contributed by atoms with Crippen LogP contribution in [0.1, 0.15) is 25.8 Å². The van der Waals surface area contributed by atoms with Gasteiger partial charge in [-0.15, -0.1) is 0 Å². The van der Waals surface area contributed by atoms with E-state index in [-0.39, 0.29) is 5.91 Å². The van der Waals surface area contributed by atoms with E-state index in [9.17, 15) is 4.79 Å². The molecule has 1 amide bonds. The highest BCUT2D eigenvalue weighted by molar-refractivity contribution is 9.10. The van der Waals surface area contributed by atoms with Crippen LogP contribution in [-0.2, 0) is 4.79 Å². The van der Waals surface area contributed by atoms with Crippen LogP contribution >= 0.6 is 27.7 Å².